The molecular formula is C15H17N3O3. The van der Waals surface area contributed by atoms with Gasteiger partial charge in [0.1, 0.15) is 5.75 Å². The number of nitrogens with one attached hydrogen (secondary N) is 1. The van der Waals surface area contributed by atoms with E-state index in [9.17, 15) is 10.1 Å². The average molecular weight is 287 g/mol. The van der Waals surface area contributed by atoms with E-state index >= 15 is 0 Å². The Hall–Kier alpha value is -2.47. The number of non-ortho nitro benzene ring substituents is 1. The maximum atomic E-state index is 10.7. The van der Waals surface area contributed by atoms with Gasteiger partial charge >= 0.3 is 0 Å². The zero-order valence-corrected chi connectivity index (χ0v) is 11.8. The standard InChI is InChI=1S/C15H17N3O3/c1-2-8-16-10-12-6-7-15(17-11-12)21-14-5-3-4-13(9-14)18(19)20/h3-7,9,11,16H,2,8,10H2,1H3. The summed E-state index contributed by atoms with van der Waals surface area (Å²) in [5.74, 6) is 0.809. The van der Waals surface area contributed by atoms with E-state index in [4.69, 9.17) is 4.74 Å². The van der Waals surface area contributed by atoms with E-state index < -0.39 is 4.92 Å². The number of rotatable bonds is 7. The molecule has 0 amide bonds. The third-order valence-corrected chi connectivity index (χ3v) is 2.80. The summed E-state index contributed by atoms with van der Waals surface area (Å²) in [5.41, 5.74) is 1.06. The van der Waals surface area contributed by atoms with Crippen LogP contribution >= 0.6 is 0 Å². The molecule has 6 nitrogen and oxygen atoms in total. The summed E-state index contributed by atoms with van der Waals surface area (Å²) in [6.07, 6.45) is 2.82. The molecule has 21 heavy (non-hydrogen) atoms. The SMILES string of the molecule is CCCNCc1ccc(Oc2cccc([N+](=O)[O-])c2)nc1. The highest BCUT2D eigenvalue weighted by molar-refractivity contribution is 5.39. The van der Waals surface area contributed by atoms with Crippen molar-refractivity contribution in [2.45, 2.75) is 19.9 Å². The number of benzene rings is 1. The van der Waals surface area contributed by atoms with Crippen LogP contribution in [0, 0.1) is 10.1 Å². The van der Waals surface area contributed by atoms with Gasteiger partial charge in [0.15, 0.2) is 0 Å². The molecule has 0 aliphatic heterocycles. The molecule has 6 heteroatoms. The Morgan fingerprint density at radius 1 is 1.33 bits per heavy atom. The maximum Gasteiger partial charge on any atom is 0.273 e. The number of hydrogen-bond donors (Lipinski definition) is 1. The molecule has 1 aromatic heterocycles. The van der Waals surface area contributed by atoms with Crippen molar-refractivity contribution in [3.05, 3.63) is 58.3 Å². The minimum Gasteiger partial charge on any atom is -0.439 e. The Balaban J connectivity index is 1.99. The summed E-state index contributed by atoms with van der Waals surface area (Å²) in [6.45, 7) is 3.84. The summed E-state index contributed by atoms with van der Waals surface area (Å²) >= 11 is 0. The van der Waals surface area contributed by atoms with Crippen molar-refractivity contribution in [2.24, 2.45) is 0 Å². The van der Waals surface area contributed by atoms with Crippen LogP contribution in [-0.2, 0) is 6.54 Å². The number of nitrogens with zero attached hydrogens (tertiary/aromatic N) is 2. The van der Waals surface area contributed by atoms with E-state index in [0.717, 1.165) is 25.1 Å². The summed E-state index contributed by atoms with van der Waals surface area (Å²) in [5, 5.41) is 14.0. The molecule has 0 spiro atoms. The molecule has 0 aliphatic rings. The van der Waals surface area contributed by atoms with Crippen LogP contribution < -0.4 is 10.1 Å². The topological polar surface area (TPSA) is 77.3 Å². The third-order valence-electron chi connectivity index (χ3n) is 2.80. The number of nitro benzene ring substituents is 1. The fourth-order valence-electron chi connectivity index (χ4n) is 1.77. The first-order chi connectivity index (χ1) is 10.2. The Morgan fingerprint density at radius 2 is 2.19 bits per heavy atom. The van der Waals surface area contributed by atoms with Gasteiger partial charge in [0.2, 0.25) is 5.88 Å². The van der Waals surface area contributed by atoms with Gasteiger partial charge in [0, 0.05) is 24.9 Å². The van der Waals surface area contributed by atoms with Crippen molar-refractivity contribution in [1.29, 1.82) is 0 Å². The average Bonchev–Trinajstić information content (AvgIpc) is 2.49. The zero-order valence-electron chi connectivity index (χ0n) is 11.8. The predicted octanol–water partition coefficient (Wildman–Crippen LogP) is 3.28. The first-order valence-electron chi connectivity index (χ1n) is 6.77. The van der Waals surface area contributed by atoms with Crippen LogP contribution in [0.1, 0.15) is 18.9 Å². The van der Waals surface area contributed by atoms with Gasteiger partial charge < -0.3 is 10.1 Å². The maximum absolute atomic E-state index is 10.7. The fraction of sp³-hybridized carbons (Fsp3) is 0.267. The third kappa shape index (κ3) is 4.54. The lowest BCUT2D eigenvalue weighted by molar-refractivity contribution is -0.384. The molecule has 1 N–H and O–H groups in total. The Kier molecular flexibility index (Phi) is 5.22. The van der Waals surface area contributed by atoms with Crippen molar-refractivity contribution in [3.8, 4) is 11.6 Å². The lowest BCUT2D eigenvalue weighted by atomic mass is 10.3. The molecule has 0 saturated carbocycles. The molecule has 0 radical (unpaired) electrons. The minimum atomic E-state index is -0.456. The number of aromatic nitrogens is 1. The molecule has 0 bridgehead atoms. The van der Waals surface area contributed by atoms with E-state index in [1.54, 1.807) is 24.4 Å². The fourth-order valence-corrected chi connectivity index (χ4v) is 1.77. The highest BCUT2D eigenvalue weighted by Gasteiger charge is 2.07. The summed E-state index contributed by atoms with van der Waals surface area (Å²) in [7, 11) is 0. The van der Waals surface area contributed by atoms with Crippen molar-refractivity contribution < 1.29 is 9.66 Å². The quantitative estimate of drug-likeness (QED) is 0.480. The predicted molar refractivity (Wildman–Crippen MR) is 79.4 cm³/mol. The van der Waals surface area contributed by atoms with Crippen molar-refractivity contribution in [2.75, 3.05) is 6.54 Å². The first kappa shape index (κ1) is 14.9. The Labute approximate surface area is 122 Å². The van der Waals surface area contributed by atoms with Gasteiger partial charge in [0.05, 0.1) is 11.0 Å². The molecule has 110 valence electrons. The zero-order chi connectivity index (χ0) is 15.1. The van der Waals surface area contributed by atoms with Gasteiger partial charge in [-0.25, -0.2) is 4.98 Å². The number of ether oxygens (including phenoxy) is 1. The second-order valence-corrected chi connectivity index (χ2v) is 4.54. The molecule has 0 atom stereocenters. The monoisotopic (exact) mass is 287 g/mol. The lowest BCUT2D eigenvalue weighted by Crippen LogP contribution is -2.13. The van der Waals surface area contributed by atoms with Crippen LogP contribution in [0.3, 0.4) is 0 Å². The van der Waals surface area contributed by atoms with Crippen LogP contribution in [0.4, 0.5) is 5.69 Å². The lowest BCUT2D eigenvalue weighted by Gasteiger charge is -2.06. The molecule has 2 rings (SSSR count). The first-order valence-corrected chi connectivity index (χ1v) is 6.77. The Morgan fingerprint density at radius 3 is 2.86 bits per heavy atom. The van der Waals surface area contributed by atoms with Crippen molar-refractivity contribution >= 4 is 5.69 Å². The van der Waals surface area contributed by atoms with Crippen molar-refractivity contribution in [1.82, 2.24) is 10.3 Å². The summed E-state index contributed by atoms with van der Waals surface area (Å²) < 4.78 is 5.51. The molecule has 0 fully saturated rings. The highest BCUT2D eigenvalue weighted by Crippen LogP contribution is 2.23. The van der Waals surface area contributed by atoms with Crippen molar-refractivity contribution in [3.63, 3.8) is 0 Å². The van der Waals surface area contributed by atoms with E-state index in [1.165, 1.54) is 12.1 Å². The van der Waals surface area contributed by atoms with E-state index in [-0.39, 0.29) is 5.69 Å². The van der Waals surface area contributed by atoms with Gasteiger partial charge in [-0.2, -0.15) is 0 Å². The van der Waals surface area contributed by atoms with Crippen LogP contribution in [0.15, 0.2) is 42.6 Å². The second kappa shape index (κ2) is 7.35. The number of pyridine rings is 1. The smallest absolute Gasteiger partial charge is 0.273 e. The molecule has 2 aromatic rings. The van der Waals surface area contributed by atoms with Crippen LogP contribution in [-0.4, -0.2) is 16.5 Å². The van der Waals surface area contributed by atoms with Gasteiger partial charge in [-0.3, -0.25) is 10.1 Å². The molecule has 1 aromatic carbocycles. The number of hydrogen-bond acceptors (Lipinski definition) is 5. The minimum absolute atomic E-state index is 0.00659. The molecule has 0 saturated heterocycles. The van der Waals surface area contributed by atoms with Gasteiger partial charge in [0.25, 0.3) is 5.69 Å². The summed E-state index contributed by atoms with van der Waals surface area (Å²) in [6, 6.07) is 9.70. The van der Waals surface area contributed by atoms with Gasteiger partial charge in [-0.1, -0.05) is 19.1 Å². The van der Waals surface area contributed by atoms with Crippen LogP contribution in [0.5, 0.6) is 11.6 Å². The Bertz CT molecular complexity index is 599. The van der Waals surface area contributed by atoms with E-state index in [0.29, 0.717) is 11.6 Å². The largest absolute Gasteiger partial charge is 0.439 e. The van der Waals surface area contributed by atoms with Gasteiger partial charge in [-0.15, -0.1) is 0 Å². The normalized spacial score (nSPS) is 10.3. The molecule has 0 unspecified atom stereocenters. The van der Waals surface area contributed by atoms with Gasteiger partial charge in [-0.05, 0) is 24.6 Å². The highest BCUT2D eigenvalue weighted by atomic mass is 16.6. The molecule has 0 aliphatic carbocycles. The van der Waals surface area contributed by atoms with E-state index in [2.05, 4.69) is 17.2 Å². The molecule has 1 heterocycles. The van der Waals surface area contributed by atoms with Crippen LogP contribution in [0.2, 0.25) is 0 Å². The van der Waals surface area contributed by atoms with E-state index in [1.807, 2.05) is 6.07 Å². The summed E-state index contributed by atoms with van der Waals surface area (Å²) in [4.78, 5) is 14.4. The number of nitro groups is 1. The second-order valence-electron chi connectivity index (χ2n) is 4.54. The van der Waals surface area contributed by atoms with Crippen LogP contribution in [0.25, 0.3) is 0 Å². The molecular weight excluding hydrogens is 270 g/mol.